The van der Waals surface area contributed by atoms with Gasteiger partial charge in [-0.25, -0.2) is 0 Å². The lowest BCUT2D eigenvalue weighted by Gasteiger charge is -2.28. The first-order valence-electron chi connectivity index (χ1n) is 6.34. The average molecular weight is 206 g/mol. The van der Waals surface area contributed by atoms with Gasteiger partial charge in [0.2, 0.25) is 0 Å². The van der Waals surface area contributed by atoms with Crippen molar-refractivity contribution in [3.63, 3.8) is 0 Å². The van der Waals surface area contributed by atoms with Gasteiger partial charge in [0.15, 0.2) is 0 Å². The van der Waals surface area contributed by atoms with E-state index in [1.165, 1.54) is 38.5 Å². The Hall–Kier alpha value is -0.550. The lowest BCUT2D eigenvalue weighted by atomic mass is 9.87. The Morgan fingerprint density at radius 2 is 1.93 bits per heavy atom. The molecule has 84 valence electrons. The van der Waals surface area contributed by atoms with E-state index in [0.29, 0.717) is 5.41 Å². The first-order valence-corrected chi connectivity index (χ1v) is 6.34. The SMILES string of the molecule is CC1CCC(NCC2(CC#N)CC2)CC1. The molecule has 15 heavy (non-hydrogen) atoms. The fraction of sp³-hybridized carbons (Fsp3) is 0.923. The molecule has 1 N–H and O–H groups in total. The van der Waals surface area contributed by atoms with E-state index in [2.05, 4.69) is 18.3 Å². The molecule has 2 fully saturated rings. The summed E-state index contributed by atoms with van der Waals surface area (Å²) in [5.74, 6) is 0.928. The van der Waals surface area contributed by atoms with Gasteiger partial charge in [-0.15, -0.1) is 0 Å². The minimum Gasteiger partial charge on any atom is -0.313 e. The zero-order chi connectivity index (χ0) is 10.7. The van der Waals surface area contributed by atoms with Gasteiger partial charge >= 0.3 is 0 Å². The lowest BCUT2D eigenvalue weighted by Crippen LogP contribution is -2.36. The Labute approximate surface area is 93.0 Å². The van der Waals surface area contributed by atoms with E-state index in [0.717, 1.165) is 24.9 Å². The highest BCUT2D eigenvalue weighted by Crippen LogP contribution is 2.48. The summed E-state index contributed by atoms with van der Waals surface area (Å²) in [5, 5.41) is 12.4. The molecule has 2 rings (SSSR count). The Kier molecular flexibility index (Phi) is 3.31. The van der Waals surface area contributed by atoms with Gasteiger partial charge in [0.25, 0.3) is 0 Å². The lowest BCUT2D eigenvalue weighted by molar-refractivity contribution is 0.291. The fourth-order valence-corrected chi connectivity index (χ4v) is 2.59. The second-order valence-electron chi connectivity index (χ2n) is 5.67. The molecule has 0 aliphatic heterocycles. The summed E-state index contributed by atoms with van der Waals surface area (Å²) >= 11 is 0. The summed E-state index contributed by atoms with van der Waals surface area (Å²) in [6.07, 6.45) is 8.70. The van der Waals surface area contributed by atoms with E-state index in [1.54, 1.807) is 0 Å². The molecule has 0 bridgehead atoms. The average Bonchev–Trinajstić information content (AvgIpc) is 2.99. The standard InChI is InChI=1S/C13H22N2/c1-11-2-4-12(5-3-11)15-10-13(6-7-13)8-9-14/h11-12,15H,2-8,10H2,1H3. The Bertz CT molecular complexity index is 242. The summed E-state index contributed by atoms with van der Waals surface area (Å²) in [6.45, 7) is 3.44. The Morgan fingerprint density at radius 3 is 2.47 bits per heavy atom. The summed E-state index contributed by atoms with van der Waals surface area (Å²) in [4.78, 5) is 0. The molecule has 2 aliphatic carbocycles. The monoisotopic (exact) mass is 206 g/mol. The third-order valence-electron chi connectivity index (χ3n) is 4.19. The van der Waals surface area contributed by atoms with Crippen molar-refractivity contribution in [2.24, 2.45) is 11.3 Å². The maximum absolute atomic E-state index is 8.74. The number of nitrogens with zero attached hydrogens (tertiary/aromatic N) is 1. The molecule has 2 heteroatoms. The minimum absolute atomic E-state index is 0.373. The van der Waals surface area contributed by atoms with Crippen LogP contribution in [0.1, 0.15) is 51.9 Å². The molecular weight excluding hydrogens is 184 g/mol. The van der Waals surface area contributed by atoms with E-state index in [9.17, 15) is 0 Å². The highest BCUT2D eigenvalue weighted by atomic mass is 14.9. The van der Waals surface area contributed by atoms with Crippen molar-refractivity contribution in [3.8, 4) is 6.07 Å². The van der Waals surface area contributed by atoms with Gasteiger partial charge < -0.3 is 5.32 Å². The molecule has 0 heterocycles. The number of hydrogen-bond donors (Lipinski definition) is 1. The van der Waals surface area contributed by atoms with Crippen LogP contribution >= 0.6 is 0 Å². The van der Waals surface area contributed by atoms with Crippen LogP contribution in [0.5, 0.6) is 0 Å². The number of hydrogen-bond acceptors (Lipinski definition) is 2. The van der Waals surface area contributed by atoms with Crippen molar-refractivity contribution in [2.75, 3.05) is 6.54 Å². The fourth-order valence-electron chi connectivity index (χ4n) is 2.59. The molecule has 0 amide bonds. The van der Waals surface area contributed by atoms with Crippen molar-refractivity contribution < 1.29 is 0 Å². The number of nitriles is 1. The van der Waals surface area contributed by atoms with E-state index < -0.39 is 0 Å². The topological polar surface area (TPSA) is 35.8 Å². The molecule has 0 spiro atoms. The molecule has 2 nitrogen and oxygen atoms in total. The minimum atomic E-state index is 0.373. The van der Waals surface area contributed by atoms with Crippen LogP contribution in [0.25, 0.3) is 0 Å². The largest absolute Gasteiger partial charge is 0.313 e. The summed E-state index contributed by atoms with van der Waals surface area (Å²) in [6, 6.07) is 3.06. The maximum atomic E-state index is 8.74. The molecular formula is C13H22N2. The van der Waals surface area contributed by atoms with Gasteiger partial charge in [0, 0.05) is 19.0 Å². The third-order valence-corrected chi connectivity index (χ3v) is 4.19. The van der Waals surface area contributed by atoms with Gasteiger partial charge in [0.05, 0.1) is 6.07 Å². The second kappa shape index (κ2) is 4.53. The van der Waals surface area contributed by atoms with Crippen LogP contribution in [0.4, 0.5) is 0 Å². The highest BCUT2D eigenvalue weighted by Gasteiger charge is 2.42. The molecule has 0 atom stereocenters. The first-order chi connectivity index (χ1) is 7.24. The molecule has 0 unspecified atom stereocenters. The molecule has 0 aromatic carbocycles. The predicted octanol–water partition coefficient (Wildman–Crippen LogP) is 2.85. The van der Waals surface area contributed by atoms with E-state index >= 15 is 0 Å². The second-order valence-corrected chi connectivity index (χ2v) is 5.67. The quantitative estimate of drug-likeness (QED) is 0.767. The van der Waals surface area contributed by atoms with Crippen LogP contribution in [0.3, 0.4) is 0 Å². The highest BCUT2D eigenvalue weighted by molar-refractivity contribution is 5.01. The van der Waals surface area contributed by atoms with Crippen LogP contribution in [0, 0.1) is 22.7 Å². The Balaban J connectivity index is 1.68. The smallest absolute Gasteiger partial charge is 0.0628 e. The van der Waals surface area contributed by atoms with Gasteiger partial charge in [-0.2, -0.15) is 5.26 Å². The predicted molar refractivity (Wildman–Crippen MR) is 61.3 cm³/mol. The first kappa shape index (κ1) is 11.0. The Morgan fingerprint density at radius 1 is 1.27 bits per heavy atom. The van der Waals surface area contributed by atoms with Crippen molar-refractivity contribution in [1.29, 1.82) is 5.26 Å². The number of rotatable bonds is 4. The zero-order valence-electron chi connectivity index (χ0n) is 9.76. The van der Waals surface area contributed by atoms with Crippen LogP contribution in [0.15, 0.2) is 0 Å². The van der Waals surface area contributed by atoms with Crippen molar-refractivity contribution >= 4 is 0 Å². The molecule has 0 aromatic rings. The van der Waals surface area contributed by atoms with Gasteiger partial charge in [-0.1, -0.05) is 6.92 Å². The van der Waals surface area contributed by atoms with Crippen LogP contribution in [0.2, 0.25) is 0 Å². The molecule has 0 saturated heterocycles. The summed E-state index contributed by atoms with van der Waals surface area (Å²) in [5.41, 5.74) is 0.373. The molecule has 0 radical (unpaired) electrons. The maximum Gasteiger partial charge on any atom is 0.0628 e. The van der Waals surface area contributed by atoms with Crippen LogP contribution < -0.4 is 5.32 Å². The van der Waals surface area contributed by atoms with Gasteiger partial charge in [0.1, 0.15) is 0 Å². The van der Waals surface area contributed by atoms with Crippen molar-refractivity contribution in [1.82, 2.24) is 5.32 Å². The van der Waals surface area contributed by atoms with E-state index in [4.69, 9.17) is 5.26 Å². The molecule has 0 aromatic heterocycles. The molecule has 2 aliphatic rings. The third kappa shape index (κ3) is 2.95. The van der Waals surface area contributed by atoms with Crippen molar-refractivity contribution in [2.45, 2.75) is 57.9 Å². The number of nitrogens with one attached hydrogen (secondary N) is 1. The summed E-state index contributed by atoms with van der Waals surface area (Å²) < 4.78 is 0. The van der Waals surface area contributed by atoms with E-state index in [1.807, 2.05) is 0 Å². The van der Waals surface area contributed by atoms with Crippen LogP contribution in [-0.4, -0.2) is 12.6 Å². The summed E-state index contributed by atoms with van der Waals surface area (Å²) in [7, 11) is 0. The van der Waals surface area contributed by atoms with E-state index in [-0.39, 0.29) is 0 Å². The molecule has 2 saturated carbocycles. The van der Waals surface area contributed by atoms with Gasteiger partial charge in [-0.3, -0.25) is 0 Å². The normalized spacial score (nSPS) is 33.3. The zero-order valence-corrected chi connectivity index (χ0v) is 9.76. The van der Waals surface area contributed by atoms with Crippen LogP contribution in [-0.2, 0) is 0 Å². The van der Waals surface area contributed by atoms with Gasteiger partial charge in [-0.05, 0) is 49.9 Å². The van der Waals surface area contributed by atoms with Crippen molar-refractivity contribution in [3.05, 3.63) is 0 Å².